The number of hydrogen-bond donors (Lipinski definition) is 2. The number of likely N-dealkylation sites (tertiary alicyclic amines) is 1. The predicted molar refractivity (Wildman–Crippen MR) is 57.2 cm³/mol. The van der Waals surface area contributed by atoms with Gasteiger partial charge in [0, 0.05) is 12.6 Å². The Balaban J connectivity index is 2.05. The zero-order valence-corrected chi connectivity index (χ0v) is 9.46. The van der Waals surface area contributed by atoms with Crippen LogP contribution in [0.15, 0.2) is 6.33 Å². The molecule has 2 atom stereocenters. The third kappa shape index (κ3) is 2.27. The molecule has 0 spiro atoms. The van der Waals surface area contributed by atoms with Crippen molar-refractivity contribution in [3.8, 4) is 0 Å². The molecule has 17 heavy (non-hydrogen) atoms. The predicted octanol–water partition coefficient (Wildman–Crippen LogP) is 0.130. The Labute approximate surface area is 97.8 Å². The molecule has 2 heterocycles. The zero-order valence-electron chi connectivity index (χ0n) is 9.46. The van der Waals surface area contributed by atoms with Crippen LogP contribution >= 0.6 is 0 Å². The number of nitrogens with one attached hydrogen (secondary N) is 1. The first-order chi connectivity index (χ1) is 8.09. The van der Waals surface area contributed by atoms with Crippen molar-refractivity contribution in [2.24, 2.45) is 5.92 Å². The van der Waals surface area contributed by atoms with Gasteiger partial charge in [-0.2, -0.15) is 5.10 Å². The van der Waals surface area contributed by atoms with Gasteiger partial charge in [-0.3, -0.25) is 14.7 Å². The molecule has 0 radical (unpaired) electrons. The molecule has 7 heteroatoms. The lowest BCUT2D eigenvalue weighted by atomic mass is 9.91. The number of carbonyl (C=O) groups excluding carboxylic acids is 1. The van der Waals surface area contributed by atoms with Crippen molar-refractivity contribution >= 4 is 11.9 Å². The third-order valence-corrected chi connectivity index (χ3v) is 3.10. The van der Waals surface area contributed by atoms with Crippen LogP contribution in [0.25, 0.3) is 0 Å². The Morgan fingerprint density at radius 2 is 2.35 bits per heavy atom. The number of carboxylic acids is 1. The van der Waals surface area contributed by atoms with Crippen molar-refractivity contribution in [3.63, 3.8) is 0 Å². The lowest BCUT2D eigenvalue weighted by molar-refractivity contribution is -0.143. The minimum Gasteiger partial charge on any atom is -0.481 e. The highest BCUT2D eigenvalue weighted by atomic mass is 16.4. The van der Waals surface area contributed by atoms with Gasteiger partial charge in [0.1, 0.15) is 6.33 Å². The summed E-state index contributed by atoms with van der Waals surface area (Å²) in [5, 5.41) is 15.1. The number of H-pyrrole nitrogens is 1. The average Bonchev–Trinajstić information content (AvgIpc) is 2.81. The van der Waals surface area contributed by atoms with Crippen LogP contribution in [-0.2, 0) is 4.79 Å². The Hall–Kier alpha value is -1.92. The van der Waals surface area contributed by atoms with Crippen LogP contribution in [-0.4, -0.2) is 49.7 Å². The number of hydrogen-bond acceptors (Lipinski definition) is 4. The van der Waals surface area contributed by atoms with Crippen molar-refractivity contribution in [1.82, 2.24) is 20.1 Å². The van der Waals surface area contributed by atoms with Crippen LogP contribution in [0.5, 0.6) is 0 Å². The summed E-state index contributed by atoms with van der Waals surface area (Å²) in [4.78, 5) is 28.3. The van der Waals surface area contributed by atoms with E-state index in [-0.39, 0.29) is 23.7 Å². The number of piperidine rings is 1. The highest BCUT2D eigenvalue weighted by Gasteiger charge is 2.33. The van der Waals surface area contributed by atoms with Gasteiger partial charge in [-0.1, -0.05) is 0 Å². The molecule has 1 fully saturated rings. The van der Waals surface area contributed by atoms with Gasteiger partial charge in [0.15, 0.2) is 0 Å². The second-order valence-corrected chi connectivity index (χ2v) is 4.24. The third-order valence-electron chi connectivity index (χ3n) is 3.10. The van der Waals surface area contributed by atoms with Crippen molar-refractivity contribution in [2.75, 3.05) is 6.54 Å². The van der Waals surface area contributed by atoms with Gasteiger partial charge in [-0.25, -0.2) is 4.98 Å². The number of carbonyl (C=O) groups is 2. The van der Waals surface area contributed by atoms with Gasteiger partial charge >= 0.3 is 5.97 Å². The van der Waals surface area contributed by atoms with Gasteiger partial charge in [0.25, 0.3) is 5.91 Å². The maximum absolute atomic E-state index is 12.0. The van der Waals surface area contributed by atoms with E-state index in [4.69, 9.17) is 5.11 Å². The molecule has 1 saturated heterocycles. The highest BCUT2D eigenvalue weighted by molar-refractivity contribution is 5.90. The van der Waals surface area contributed by atoms with Crippen LogP contribution in [0.2, 0.25) is 0 Å². The molecule has 1 amide bonds. The number of nitrogens with zero attached hydrogens (tertiary/aromatic N) is 3. The van der Waals surface area contributed by atoms with E-state index in [1.54, 1.807) is 4.90 Å². The maximum Gasteiger partial charge on any atom is 0.306 e. The molecule has 1 aliphatic rings. The molecule has 0 saturated carbocycles. The van der Waals surface area contributed by atoms with Crippen LogP contribution in [0.4, 0.5) is 0 Å². The number of rotatable bonds is 2. The number of amides is 1. The molecule has 1 aliphatic heterocycles. The van der Waals surface area contributed by atoms with Crippen molar-refractivity contribution in [3.05, 3.63) is 12.2 Å². The SMILES string of the molecule is CC1CC(C(=O)O)CCN1C(=O)c1ncn[nH]1. The van der Waals surface area contributed by atoms with E-state index < -0.39 is 5.97 Å². The van der Waals surface area contributed by atoms with E-state index in [0.29, 0.717) is 19.4 Å². The number of aromatic nitrogens is 3. The highest BCUT2D eigenvalue weighted by Crippen LogP contribution is 2.23. The van der Waals surface area contributed by atoms with Gasteiger partial charge in [0.05, 0.1) is 5.92 Å². The van der Waals surface area contributed by atoms with Crippen LogP contribution < -0.4 is 0 Å². The van der Waals surface area contributed by atoms with Crippen LogP contribution in [0.1, 0.15) is 30.4 Å². The molecule has 2 unspecified atom stereocenters. The number of carboxylic acid groups (broad SMARTS) is 1. The van der Waals surface area contributed by atoms with Gasteiger partial charge in [-0.05, 0) is 19.8 Å². The van der Waals surface area contributed by atoms with Gasteiger partial charge in [0.2, 0.25) is 5.82 Å². The Morgan fingerprint density at radius 3 is 2.88 bits per heavy atom. The number of aliphatic carboxylic acids is 1. The smallest absolute Gasteiger partial charge is 0.306 e. The van der Waals surface area contributed by atoms with Crippen LogP contribution in [0.3, 0.4) is 0 Å². The normalized spacial score (nSPS) is 24.6. The summed E-state index contributed by atoms with van der Waals surface area (Å²) in [7, 11) is 0. The Morgan fingerprint density at radius 1 is 1.59 bits per heavy atom. The second kappa shape index (κ2) is 4.52. The average molecular weight is 238 g/mol. The molecule has 2 rings (SSSR count). The van der Waals surface area contributed by atoms with E-state index >= 15 is 0 Å². The molecule has 2 N–H and O–H groups in total. The first-order valence-electron chi connectivity index (χ1n) is 5.48. The fourth-order valence-electron chi connectivity index (χ4n) is 2.14. The molecular weight excluding hydrogens is 224 g/mol. The molecule has 0 aromatic carbocycles. The molecule has 7 nitrogen and oxygen atoms in total. The minimum absolute atomic E-state index is 0.0950. The Kier molecular flexibility index (Phi) is 3.08. The maximum atomic E-state index is 12.0. The fourth-order valence-corrected chi connectivity index (χ4v) is 2.14. The summed E-state index contributed by atoms with van der Waals surface area (Å²) in [5.74, 6) is -1.17. The van der Waals surface area contributed by atoms with E-state index in [2.05, 4.69) is 15.2 Å². The molecular formula is C10H14N4O3. The molecule has 1 aromatic heterocycles. The molecule has 0 bridgehead atoms. The topological polar surface area (TPSA) is 99.2 Å². The number of aromatic amines is 1. The summed E-state index contributed by atoms with van der Waals surface area (Å²) in [6, 6.07) is -0.0950. The van der Waals surface area contributed by atoms with Gasteiger partial charge < -0.3 is 10.0 Å². The zero-order chi connectivity index (χ0) is 12.4. The summed E-state index contributed by atoms with van der Waals surface area (Å²) < 4.78 is 0. The Bertz CT molecular complexity index is 417. The minimum atomic E-state index is -0.788. The molecule has 92 valence electrons. The standard InChI is InChI=1S/C10H14N4O3/c1-6-4-7(10(16)17)2-3-14(6)9(15)8-11-5-12-13-8/h5-7H,2-4H2,1H3,(H,16,17)(H,11,12,13). The van der Waals surface area contributed by atoms with Crippen molar-refractivity contribution in [2.45, 2.75) is 25.8 Å². The summed E-state index contributed by atoms with van der Waals surface area (Å²) in [6.45, 7) is 2.29. The summed E-state index contributed by atoms with van der Waals surface area (Å²) in [5.41, 5.74) is 0. The molecule has 1 aromatic rings. The van der Waals surface area contributed by atoms with E-state index in [1.165, 1.54) is 6.33 Å². The van der Waals surface area contributed by atoms with Gasteiger partial charge in [-0.15, -0.1) is 0 Å². The first-order valence-corrected chi connectivity index (χ1v) is 5.48. The van der Waals surface area contributed by atoms with Crippen molar-refractivity contribution < 1.29 is 14.7 Å². The lowest BCUT2D eigenvalue weighted by Crippen LogP contribution is -2.46. The van der Waals surface area contributed by atoms with E-state index in [1.807, 2.05) is 6.92 Å². The summed E-state index contributed by atoms with van der Waals surface area (Å²) in [6.07, 6.45) is 2.25. The summed E-state index contributed by atoms with van der Waals surface area (Å²) >= 11 is 0. The quantitative estimate of drug-likeness (QED) is 0.763. The van der Waals surface area contributed by atoms with E-state index in [0.717, 1.165) is 0 Å². The van der Waals surface area contributed by atoms with Crippen LogP contribution in [0, 0.1) is 5.92 Å². The monoisotopic (exact) mass is 238 g/mol. The fraction of sp³-hybridized carbons (Fsp3) is 0.600. The second-order valence-electron chi connectivity index (χ2n) is 4.24. The first kappa shape index (κ1) is 11.6. The largest absolute Gasteiger partial charge is 0.481 e. The van der Waals surface area contributed by atoms with Crippen molar-refractivity contribution in [1.29, 1.82) is 0 Å². The van der Waals surface area contributed by atoms with E-state index in [9.17, 15) is 9.59 Å². The molecule has 0 aliphatic carbocycles. The lowest BCUT2D eigenvalue weighted by Gasteiger charge is -2.35.